The predicted octanol–water partition coefficient (Wildman–Crippen LogP) is 3.43. The molecule has 3 aromatic rings. The van der Waals surface area contributed by atoms with E-state index in [0.717, 1.165) is 16.3 Å². The lowest BCUT2D eigenvalue weighted by molar-refractivity contribution is -0.116. The van der Waals surface area contributed by atoms with Crippen molar-refractivity contribution in [3.63, 3.8) is 0 Å². The standard InChI is InChI=1S/C25H21ClN4O3S/c1-32-17-11-12-21(33-2)19(13-17)23-27-20-6-4-3-5-18(20)22-24(31)28-25(29-30(22)23)34-14-15-7-9-16(26)10-8-15/h3-13,23H,14H2,1-2H3,(H,28,29,31)/t23-/m0/s1. The second kappa shape index (κ2) is 9.40. The fraction of sp³-hybridized carbons (Fsp3) is 0.160. The molecule has 0 aliphatic carbocycles. The van der Waals surface area contributed by atoms with Crippen LogP contribution in [0.4, 0.5) is 0 Å². The highest BCUT2D eigenvalue weighted by Gasteiger charge is 2.35. The molecule has 0 saturated heterocycles. The molecule has 1 N–H and O–H groups in total. The van der Waals surface area contributed by atoms with E-state index in [2.05, 4.69) is 5.32 Å². The number of carbonyl (C=O) groups excluding carboxylic acids is 1. The van der Waals surface area contributed by atoms with E-state index in [4.69, 9.17) is 31.2 Å². The highest BCUT2D eigenvalue weighted by molar-refractivity contribution is 8.13. The van der Waals surface area contributed by atoms with Crippen molar-refractivity contribution in [3.8, 4) is 11.5 Å². The molecule has 0 spiro atoms. The first-order chi connectivity index (χ1) is 16.6. The molecular formula is C25H21ClN4O3S. The first-order valence-corrected chi connectivity index (χ1v) is 11.9. The van der Waals surface area contributed by atoms with E-state index in [1.807, 2.05) is 66.7 Å². The maximum Gasteiger partial charge on any atom is 0.276 e. The number of benzene rings is 3. The number of rotatable bonds is 5. The molecule has 34 heavy (non-hydrogen) atoms. The Hall–Kier alpha value is -3.49. The average Bonchev–Trinajstić information content (AvgIpc) is 2.87. The van der Waals surface area contributed by atoms with Crippen molar-refractivity contribution < 1.29 is 14.3 Å². The SMILES string of the molecule is COc1ccc(OC)c([C@H]2N=c3ccccc3=C3C(=O)NC(SCc4ccc(Cl)cc4)=NN32)c1. The molecule has 0 unspecified atom stereocenters. The monoisotopic (exact) mass is 492 g/mol. The van der Waals surface area contributed by atoms with Gasteiger partial charge in [-0.1, -0.05) is 53.7 Å². The van der Waals surface area contributed by atoms with Gasteiger partial charge in [0.05, 0.1) is 19.6 Å². The summed E-state index contributed by atoms with van der Waals surface area (Å²) in [6.45, 7) is 0. The number of hydrogen-bond donors (Lipinski definition) is 1. The molecule has 5 rings (SSSR count). The van der Waals surface area contributed by atoms with Gasteiger partial charge in [-0.2, -0.15) is 0 Å². The van der Waals surface area contributed by atoms with Crippen LogP contribution in [0.2, 0.25) is 5.02 Å². The molecule has 3 aromatic carbocycles. The molecule has 2 aliphatic rings. The maximum absolute atomic E-state index is 13.3. The summed E-state index contributed by atoms with van der Waals surface area (Å²) in [5.74, 6) is 1.68. The fourth-order valence-electron chi connectivity index (χ4n) is 3.87. The normalized spacial score (nSPS) is 16.6. The summed E-state index contributed by atoms with van der Waals surface area (Å²) in [4.78, 5) is 18.3. The predicted molar refractivity (Wildman–Crippen MR) is 133 cm³/mol. The topological polar surface area (TPSA) is 75.5 Å². The summed E-state index contributed by atoms with van der Waals surface area (Å²) in [6.07, 6.45) is -0.605. The van der Waals surface area contributed by atoms with Gasteiger partial charge in [-0.3, -0.25) is 15.1 Å². The van der Waals surface area contributed by atoms with Crippen LogP contribution in [0.25, 0.3) is 5.70 Å². The average molecular weight is 493 g/mol. The Morgan fingerprint density at radius 3 is 2.62 bits per heavy atom. The van der Waals surface area contributed by atoms with Gasteiger partial charge in [0.1, 0.15) is 17.2 Å². The lowest BCUT2D eigenvalue weighted by Crippen LogP contribution is -2.50. The molecule has 0 radical (unpaired) electrons. The number of halogens is 1. The van der Waals surface area contributed by atoms with E-state index in [1.165, 1.54) is 11.8 Å². The maximum atomic E-state index is 13.3. The number of fused-ring (bicyclic) bond motifs is 2. The van der Waals surface area contributed by atoms with Crippen molar-refractivity contribution in [2.24, 2.45) is 10.1 Å². The van der Waals surface area contributed by atoms with E-state index >= 15 is 0 Å². The third-order valence-corrected chi connectivity index (χ3v) is 6.71. The number of hydrazone groups is 1. The van der Waals surface area contributed by atoms with Crippen LogP contribution in [0.15, 0.2) is 76.8 Å². The van der Waals surface area contributed by atoms with Crippen LogP contribution in [-0.2, 0) is 10.5 Å². The molecule has 0 saturated carbocycles. The molecule has 172 valence electrons. The summed E-state index contributed by atoms with van der Waals surface area (Å²) in [6, 6.07) is 20.7. The summed E-state index contributed by atoms with van der Waals surface area (Å²) >= 11 is 7.43. The van der Waals surface area contributed by atoms with Crippen molar-refractivity contribution in [3.05, 3.63) is 93.5 Å². The second-order valence-corrected chi connectivity index (χ2v) is 9.00. The number of methoxy groups -OCH3 is 2. The van der Waals surface area contributed by atoms with Crippen molar-refractivity contribution in [2.75, 3.05) is 14.2 Å². The number of hydrogen-bond acceptors (Lipinski definition) is 7. The first kappa shape index (κ1) is 22.3. The minimum absolute atomic E-state index is 0.234. The quantitative estimate of drug-likeness (QED) is 0.590. The first-order valence-electron chi connectivity index (χ1n) is 10.5. The molecule has 0 bridgehead atoms. The van der Waals surface area contributed by atoms with Gasteiger partial charge in [0.25, 0.3) is 5.91 Å². The van der Waals surface area contributed by atoms with Crippen molar-refractivity contribution in [2.45, 2.75) is 11.9 Å². The Morgan fingerprint density at radius 2 is 1.85 bits per heavy atom. The number of amides is 1. The summed E-state index contributed by atoms with van der Waals surface area (Å²) in [5, 5.41) is 12.0. The number of nitrogens with zero attached hydrogens (tertiary/aromatic N) is 3. The Kier molecular flexibility index (Phi) is 6.17. The van der Waals surface area contributed by atoms with Crippen molar-refractivity contribution >= 4 is 40.1 Å². The zero-order valence-corrected chi connectivity index (χ0v) is 20.1. The van der Waals surface area contributed by atoms with Crippen LogP contribution in [0.3, 0.4) is 0 Å². The van der Waals surface area contributed by atoms with Gasteiger partial charge in [-0.15, -0.1) is 5.10 Å². The van der Waals surface area contributed by atoms with E-state index in [1.54, 1.807) is 19.2 Å². The van der Waals surface area contributed by atoms with E-state index < -0.39 is 6.17 Å². The largest absolute Gasteiger partial charge is 0.497 e. The number of carbonyl (C=O) groups is 1. The number of ether oxygens (including phenoxy) is 2. The minimum Gasteiger partial charge on any atom is -0.497 e. The third kappa shape index (κ3) is 4.22. The third-order valence-electron chi connectivity index (χ3n) is 5.52. The Morgan fingerprint density at radius 1 is 1.06 bits per heavy atom. The minimum atomic E-state index is -0.605. The molecule has 0 aromatic heterocycles. The smallest absolute Gasteiger partial charge is 0.276 e. The Balaban J connectivity index is 1.59. The molecule has 9 heteroatoms. The van der Waals surface area contributed by atoms with Gasteiger partial charge in [0, 0.05) is 21.6 Å². The van der Waals surface area contributed by atoms with Gasteiger partial charge >= 0.3 is 0 Å². The zero-order valence-electron chi connectivity index (χ0n) is 18.5. The van der Waals surface area contributed by atoms with Gasteiger partial charge < -0.3 is 9.47 Å². The molecule has 7 nitrogen and oxygen atoms in total. The second-order valence-electron chi connectivity index (χ2n) is 7.60. The molecule has 1 atom stereocenters. The molecule has 1 amide bonds. The fourth-order valence-corrected chi connectivity index (χ4v) is 4.80. The van der Waals surface area contributed by atoms with E-state index in [9.17, 15) is 4.79 Å². The zero-order chi connectivity index (χ0) is 23.7. The van der Waals surface area contributed by atoms with Crippen molar-refractivity contribution in [1.29, 1.82) is 0 Å². The highest BCUT2D eigenvalue weighted by Crippen LogP contribution is 2.37. The van der Waals surface area contributed by atoms with Crippen LogP contribution < -0.4 is 25.4 Å². The molecule has 2 heterocycles. The van der Waals surface area contributed by atoms with Gasteiger partial charge in [-0.25, -0.2) is 5.01 Å². The number of para-hydroxylation sites is 1. The number of amidine groups is 1. The lowest BCUT2D eigenvalue weighted by atomic mass is 10.1. The lowest BCUT2D eigenvalue weighted by Gasteiger charge is -2.34. The van der Waals surface area contributed by atoms with E-state index in [0.29, 0.717) is 38.5 Å². The van der Waals surface area contributed by atoms with Crippen LogP contribution >= 0.6 is 23.4 Å². The van der Waals surface area contributed by atoms with Gasteiger partial charge in [0.15, 0.2) is 11.3 Å². The Bertz CT molecular complexity index is 1410. The molecular weight excluding hydrogens is 472 g/mol. The summed E-state index contributed by atoms with van der Waals surface area (Å²) in [7, 11) is 3.21. The van der Waals surface area contributed by atoms with Crippen LogP contribution in [0.5, 0.6) is 11.5 Å². The van der Waals surface area contributed by atoms with Crippen LogP contribution in [-0.4, -0.2) is 30.3 Å². The molecule has 2 aliphatic heterocycles. The molecule has 0 fully saturated rings. The van der Waals surface area contributed by atoms with Crippen LogP contribution in [0.1, 0.15) is 17.3 Å². The Labute approximate surface area is 205 Å². The summed E-state index contributed by atoms with van der Waals surface area (Å²) in [5.41, 5.74) is 2.26. The van der Waals surface area contributed by atoms with Gasteiger partial charge in [0.2, 0.25) is 0 Å². The summed E-state index contributed by atoms with van der Waals surface area (Å²) < 4.78 is 11.1. The van der Waals surface area contributed by atoms with Crippen molar-refractivity contribution in [1.82, 2.24) is 10.3 Å². The highest BCUT2D eigenvalue weighted by atomic mass is 35.5. The van der Waals surface area contributed by atoms with E-state index in [-0.39, 0.29) is 5.91 Å². The number of nitrogens with one attached hydrogen (secondary N) is 1. The van der Waals surface area contributed by atoms with Gasteiger partial charge in [-0.05, 0) is 42.0 Å². The van der Waals surface area contributed by atoms with Crippen LogP contribution in [0, 0.1) is 0 Å². The number of thioether (sulfide) groups is 1.